The molecule has 0 spiro atoms. The molecule has 8 aromatic carbocycles. The molecule has 0 fully saturated rings. The number of hydrogen-bond acceptors (Lipinski definition) is 4. The number of benzene rings is 8. The Morgan fingerprint density at radius 3 is 1.03 bits per heavy atom. The van der Waals surface area contributed by atoms with Crippen molar-refractivity contribution >= 4 is 111 Å². The van der Waals surface area contributed by atoms with E-state index in [0.717, 1.165) is 104 Å². The van der Waals surface area contributed by atoms with Gasteiger partial charge in [0, 0.05) is 24.2 Å². The SMILES string of the molecule is CCCCCCCCC(CCCCCC)CN1C(=O)C2=C(c3ccc(C#Cc4ccc5ccc6cccc7ccc4c5c67)s3)N(CC(CCCCCC)CCCCCCCC)C(=O)C2=C1c1ccc(C#Cc2ccc3ccc4cccc5ccc2c3c45)s1. The molecule has 6 heteroatoms. The van der Waals surface area contributed by atoms with Crippen LogP contribution in [-0.2, 0) is 9.59 Å². The molecule has 2 unspecified atom stereocenters. The second-order valence-electron chi connectivity index (χ2n) is 25.6. The third-order valence-corrected chi connectivity index (χ3v) is 21.3. The molecule has 0 bridgehead atoms. The highest BCUT2D eigenvalue weighted by Crippen LogP contribution is 2.50. The molecule has 0 radical (unpaired) electrons. The highest BCUT2D eigenvalue weighted by Gasteiger charge is 2.50. The van der Waals surface area contributed by atoms with Crippen molar-refractivity contribution in [2.24, 2.45) is 11.8 Å². The molecule has 2 aliphatic rings. The monoisotopic (exact) mass is 1200 g/mol. The van der Waals surface area contributed by atoms with Crippen molar-refractivity contribution in [3.05, 3.63) is 175 Å². The molecule has 4 heterocycles. The van der Waals surface area contributed by atoms with Gasteiger partial charge in [0.25, 0.3) is 11.8 Å². The summed E-state index contributed by atoms with van der Waals surface area (Å²) in [6.45, 7) is 10.3. The van der Waals surface area contributed by atoms with Gasteiger partial charge in [0.05, 0.1) is 42.0 Å². The lowest BCUT2D eigenvalue weighted by Crippen LogP contribution is -2.34. The molecule has 2 aromatic heterocycles. The van der Waals surface area contributed by atoms with Gasteiger partial charge in [-0.2, -0.15) is 0 Å². The number of rotatable bonds is 30. The molecule has 12 rings (SSSR count). The normalized spacial score (nSPS) is 14.3. The number of thiophene rings is 2. The summed E-state index contributed by atoms with van der Waals surface area (Å²) in [5.41, 5.74) is 4.73. The fourth-order valence-electron chi connectivity index (χ4n) is 14.6. The molecule has 2 atom stereocenters. The van der Waals surface area contributed by atoms with Crippen LogP contribution in [0.3, 0.4) is 0 Å². The third-order valence-electron chi connectivity index (χ3n) is 19.3. The van der Waals surface area contributed by atoms with Crippen molar-refractivity contribution in [1.82, 2.24) is 9.80 Å². The van der Waals surface area contributed by atoms with E-state index in [-0.39, 0.29) is 11.8 Å². The fraction of sp³-hybridized carbons (Fsp3) is 0.390. The zero-order chi connectivity index (χ0) is 60.3. The summed E-state index contributed by atoms with van der Waals surface area (Å²) in [6.07, 6.45) is 28.7. The Hall–Kier alpha value is -7.22. The standard InChI is InChI=1S/C82H88N2O2S2/c1-5-9-13-17-19-23-29-57(27-21-15-11-7-3)55-83-79(71-53-49-67(87-71)47-43-59-35-37-65-41-39-61-31-25-33-63-45-51-69(59)75(65)73(61)63)77-78(81(83)85)80(84(82(77)86)56-58(28-22-16-12-8-4)30-24-20-18-14-10-6-2)72-54-50-68(88-72)48-44-60-36-38-66-42-40-62-32-26-34-64-46-52-70(60)76(66)74(62)64/h25-26,31-42,45-46,49-54,57-58H,5-24,27-30,55-56H2,1-4H3. The average molecular weight is 1200 g/mol. The molecule has 2 amide bonds. The Balaban J connectivity index is 0.955. The van der Waals surface area contributed by atoms with Crippen LogP contribution in [0.2, 0.25) is 0 Å². The number of nitrogens with zero attached hydrogens (tertiary/aromatic N) is 2. The lowest BCUT2D eigenvalue weighted by atomic mass is 9.92. The Labute approximate surface area is 532 Å². The van der Waals surface area contributed by atoms with E-state index in [9.17, 15) is 0 Å². The first-order valence-corrected chi connectivity index (χ1v) is 35.7. The molecular weight excluding hydrogens is 1110 g/mol. The van der Waals surface area contributed by atoms with Crippen LogP contribution >= 0.6 is 22.7 Å². The molecule has 4 nitrogen and oxygen atoms in total. The smallest absolute Gasteiger partial charge is 0.261 e. The van der Waals surface area contributed by atoms with E-state index in [1.165, 1.54) is 157 Å². The van der Waals surface area contributed by atoms with Crippen molar-refractivity contribution in [3.8, 4) is 23.7 Å². The first-order chi connectivity index (χ1) is 43.3. The number of fused-ring (bicyclic) bond motifs is 1. The summed E-state index contributed by atoms with van der Waals surface area (Å²) in [5.74, 6) is 15.1. The van der Waals surface area contributed by atoms with Gasteiger partial charge >= 0.3 is 0 Å². The summed E-state index contributed by atoms with van der Waals surface area (Å²) >= 11 is 3.25. The Morgan fingerprint density at radius 1 is 0.341 bits per heavy atom. The van der Waals surface area contributed by atoms with Crippen molar-refractivity contribution in [3.63, 3.8) is 0 Å². The van der Waals surface area contributed by atoms with Crippen molar-refractivity contribution in [2.45, 2.75) is 182 Å². The maximum Gasteiger partial charge on any atom is 0.261 e. The van der Waals surface area contributed by atoms with E-state index >= 15 is 9.59 Å². The van der Waals surface area contributed by atoms with E-state index in [1.54, 1.807) is 22.7 Å². The number of carbonyl (C=O) groups is 2. The Morgan fingerprint density at radius 2 is 0.659 bits per heavy atom. The summed E-state index contributed by atoms with van der Waals surface area (Å²) in [6, 6.07) is 48.2. The highest BCUT2D eigenvalue weighted by atomic mass is 32.1. The zero-order valence-corrected chi connectivity index (χ0v) is 54.4. The van der Waals surface area contributed by atoms with E-state index in [1.807, 2.05) is 0 Å². The summed E-state index contributed by atoms with van der Waals surface area (Å²) in [5, 5.41) is 14.8. The quantitative estimate of drug-likeness (QED) is 0.0256. The number of unbranched alkanes of at least 4 members (excludes halogenated alkanes) is 16. The minimum atomic E-state index is -0.0304. The predicted molar refractivity (Wildman–Crippen MR) is 379 cm³/mol. The van der Waals surface area contributed by atoms with Crippen LogP contribution in [-0.4, -0.2) is 34.7 Å². The van der Waals surface area contributed by atoms with Gasteiger partial charge in [-0.15, -0.1) is 22.7 Å². The number of hydrogen-bond donors (Lipinski definition) is 0. The van der Waals surface area contributed by atoms with E-state index in [0.29, 0.717) is 36.1 Å². The molecule has 0 N–H and O–H groups in total. The van der Waals surface area contributed by atoms with Crippen LogP contribution in [0.4, 0.5) is 0 Å². The van der Waals surface area contributed by atoms with Gasteiger partial charge < -0.3 is 9.80 Å². The van der Waals surface area contributed by atoms with Gasteiger partial charge in [-0.25, -0.2) is 0 Å². The van der Waals surface area contributed by atoms with E-state index in [4.69, 9.17) is 0 Å². The molecule has 0 saturated carbocycles. The van der Waals surface area contributed by atoms with Gasteiger partial charge in [-0.05, 0) is 139 Å². The third kappa shape index (κ3) is 13.1. The maximum absolute atomic E-state index is 16.2. The number of amides is 2. The van der Waals surface area contributed by atoms with Gasteiger partial charge in [-0.3, -0.25) is 9.59 Å². The Bertz CT molecular complexity index is 3970. The van der Waals surface area contributed by atoms with Gasteiger partial charge in [-0.1, -0.05) is 277 Å². The second-order valence-corrected chi connectivity index (χ2v) is 27.8. The lowest BCUT2D eigenvalue weighted by molar-refractivity contribution is -0.124. The Kier molecular flexibility index (Phi) is 20.1. The minimum absolute atomic E-state index is 0.0304. The van der Waals surface area contributed by atoms with Crippen LogP contribution < -0.4 is 0 Å². The highest BCUT2D eigenvalue weighted by molar-refractivity contribution is 7.14. The van der Waals surface area contributed by atoms with Crippen molar-refractivity contribution in [2.75, 3.05) is 13.1 Å². The first kappa shape index (κ1) is 61.0. The zero-order valence-electron chi connectivity index (χ0n) is 52.8. The van der Waals surface area contributed by atoms with Crippen molar-refractivity contribution in [1.29, 1.82) is 0 Å². The second kappa shape index (κ2) is 28.9. The molecule has 2 aliphatic heterocycles. The molecule has 10 aromatic rings. The maximum atomic E-state index is 16.2. The molecule has 0 saturated heterocycles. The van der Waals surface area contributed by atoms with Crippen LogP contribution in [0.1, 0.15) is 212 Å². The average Bonchev–Trinajstić information content (AvgIpc) is 1.45. The van der Waals surface area contributed by atoms with Crippen LogP contribution in [0.15, 0.2) is 145 Å². The largest absolute Gasteiger partial charge is 0.306 e. The van der Waals surface area contributed by atoms with Crippen LogP contribution in [0, 0.1) is 35.5 Å². The minimum Gasteiger partial charge on any atom is -0.306 e. The summed E-state index contributed by atoms with van der Waals surface area (Å²) in [4.78, 5) is 40.3. The molecular formula is C82H88N2O2S2. The molecule has 0 aliphatic carbocycles. The summed E-state index contributed by atoms with van der Waals surface area (Å²) < 4.78 is 0. The number of carbonyl (C=O) groups excluding carboxylic acids is 2. The first-order valence-electron chi connectivity index (χ1n) is 34.1. The summed E-state index contributed by atoms with van der Waals surface area (Å²) in [7, 11) is 0. The lowest BCUT2D eigenvalue weighted by Gasteiger charge is -2.29. The predicted octanol–water partition coefficient (Wildman–Crippen LogP) is 22.9. The van der Waals surface area contributed by atoms with Gasteiger partial charge in [0.15, 0.2) is 0 Å². The van der Waals surface area contributed by atoms with E-state index in [2.05, 4.69) is 195 Å². The molecule has 88 heavy (non-hydrogen) atoms. The van der Waals surface area contributed by atoms with Crippen LogP contribution in [0.5, 0.6) is 0 Å². The van der Waals surface area contributed by atoms with E-state index < -0.39 is 0 Å². The fourth-order valence-corrected chi connectivity index (χ4v) is 16.4. The molecule has 450 valence electrons. The van der Waals surface area contributed by atoms with Gasteiger partial charge in [0.1, 0.15) is 0 Å². The van der Waals surface area contributed by atoms with Crippen LogP contribution in [0.25, 0.3) is 76.0 Å². The van der Waals surface area contributed by atoms with Crippen molar-refractivity contribution < 1.29 is 9.59 Å². The topological polar surface area (TPSA) is 40.6 Å². The van der Waals surface area contributed by atoms with Gasteiger partial charge in [0.2, 0.25) is 0 Å².